The highest BCUT2D eigenvalue weighted by Crippen LogP contribution is 2.43. The van der Waals surface area contributed by atoms with Gasteiger partial charge in [-0.3, -0.25) is 0 Å². The molecule has 2 N–H and O–H groups in total. The molecule has 0 amide bonds. The first kappa shape index (κ1) is 11.9. The van der Waals surface area contributed by atoms with E-state index in [4.69, 9.17) is 4.98 Å². The molecule has 0 aliphatic heterocycles. The third-order valence-corrected chi connectivity index (χ3v) is 4.79. The van der Waals surface area contributed by atoms with Crippen LogP contribution in [0.4, 0.5) is 0 Å². The molecule has 18 heavy (non-hydrogen) atoms. The quantitative estimate of drug-likeness (QED) is 0.868. The summed E-state index contributed by atoms with van der Waals surface area (Å²) in [7, 11) is 2.05. The van der Waals surface area contributed by atoms with Gasteiger partial charge in [-0.15, -0.1) is 11.3 Å². The van der Waals surface area contributed by atoms with Crippen molar-refractivity contribution in [1.82, 2.24) is 15.3 Å². The zero-order chi connectivity index (χ0) is 12.4. The largest absolute Gasteiger partial charge is 0.367 e. The molecule has 0 atom stereocenters. The Morgan fingerprint density at radius 2 is 2.39 bits per heavy atom. The number of nitrogens with zero attached hydrogens (tertiary/aromatic N) is 1. The van der Waals surface area contributed by atoms with E-state index in [0.29, 0.717) is 5.41 Å². The molecule has 96 valence electrons. The summed E-state index contributed by atoms with van der Waals surface area (Å²) in [5, 5.41) is 6.79. The average Bonchev–Trinajstić information content (AvgIpc) is 2.96. The van der Waals surface area contributed by atoms with Crippen LogP contribution in [-0.2, 0) is 6.42 Å². The van der Waals surface area contributed by atoms with Crippen molar-refractivity contribution in [3.8, 4) is 11.3 Å². The van der Waals surface area contributed by atoms with Gasteiger partial charge in [-0.05, 0) is 31.4 Å². The van der Waals surface area contributed by atoms with Gasteiger partial charge >= 0.3 is 0 Å². The van der Waals surface area contributed by atoms with Crippen LogP contribution in [0.15, 0.2) is 23.8 Å². The lowest BCUT2D eigenvalue weighted by Crippen LogP contribution is -2.40. The lowest BCUT2D eigenvalue weighted by molar-refractivity contribution is 0.133. The van der Waals surface area contributed by atoms with Gasteiger partial charge in [-0.1, -0.05) is 6.42 Å². The van der Waals surface area contributed by atoms with Gasteiger partial charge in [0.25, 0.3) is 0 Å². The van der Waals surface area contributed by atoms with Crippen LogP contribution in [0.3, 0.4) is 0 Å². The van der Waals surface area contributed by atoms with Crippen LogP contribution < -0.4 is 5.32 Å². The van der Waals surface area contributed by atoms with E-state index in [1.165, 1.54) is 29.8 Å². The first-order chi connectivity index (χ1) is 8.81. The molecular formula is C14H19N3S. The Morgan fingerprint density at radius 1 is 1.50 bits per heavy atom. The van der Waals surface area contributed by atoms with Crippen molar-refractivity contribution in [3.05, 3.63) is 28.8 Å². The third-order valence-electron chi connectivity index (χ3n) is 3.94. The number of H-pyrrole nitrogens is 1. The number of rotatable bonds is 5. The van der Waals surface area contributed by atoms with Gasteiger partial charge in [0.15, 0.2) is 0 Å². The van der Waals surface area contributed by atoms with Gasteiger partial charge in [0, 0.05) is 36.3 Å². The second-order valence-corrected chi connectivity index (χ2v) is 6.23. The molecule has 1 fully saturated rings. The summed E-state index contributed by atoms with van der Waals surface area (Å²) >= 11 is 1.80. The molecule has 0 unspecified atom stereocenters. The number of thiazole rings is 1. The summed E-state index contributed by atoms with van der Waals surface area (Å²) in [4.78, 5) is 7.86. The Labute approximate surface area is 112 Å². The topological polar surface area (TPSA) is 40.7 Å². The van der Waals surface area contributed by atoms with Gasteiger partial charge in [-0.25, -0.2) is 4.98 Å². The molecule has 3 rings (SSSR count). The van der Waals surface area contributed by atoms with Crippen LogP contribution in [0, 0.1) is 5.41 Å². The van der Waals surface area contributed by atoms with Crippen LogP contribution >= 0.6 is 11.3 Å². The molecule has 0 bridgehead atoms. The molecule has 2 heterocycles. The highest BCUT2D eigenvalue weighted by Gasteiger charge is 2.37. The number of aromatic amines is 1. The van der Waals surface area contributed by atoms with Crippen molar-refractivity contribution in [1.29, 1.82) is 0 Å². The molecule has 1 aliphatic carbocycles. The Morgan fingerprint density at radius 3 is 3.00 bits per heavy atom. The van der Waals surface area contributed by atoms with E-state index in [0.717, 1.165) is 18.7 Å². The Kier molecular flexibility index (Phi) is 3.22. The number of aromatic nitrogens is 2. The molecule has 1 saturated carbocycles. The second-order valence-electron chi connectivity index (χ2n) is 5.29. The first-order valence-electron chi connectivity index (χ1n) is 6.54. The van der Waals surface area contributed by atoms with E-state index in [9.17, 15) is 0 Å². The summed E-state index contributed by atoms with van der Waals surface area (Å²) in [6, 6.07) is 2.07. The number of nitrogens with one attached hydrogen (secondary N) is 2. The fraction of sp³-hybridized carbons (Fsp3) is 0.500. The minimum Gasteiger partial charge on any atom is -0.367 e. The maximum Gasteiger partial charge on any atom is 0.0938 e. The molecular weight excluding hydrogens is 242 g/mol. The predicted molar refractivity (Wildman–Crippen MR) is 75.8 cm³/mol. The molecule has 0 saturated heterocycles. The van der Waals surface area contributed by atoms with Crippen molar-refractivity contribution >= 4 is 11.3 Å². The van der Waals surface area contributed by atoms with Crippen LogP contribution in [0.5, 0.6) is 0 Å². The van der Waals surface area contributed by atoms with Gasteiger partial charge in [0.1, 0.15) is 0 Å². The Balaban J connectivity index is 1.74. The molecule has 0 radical (unpaired) electrons. The van der Waals surface area contributed by atoms with Crippen molar-refractivity contribution in [2.75, 3.05) is 13.6 Å². The predicted octanol–water partition coefficient (Wildman–Crippen LogP) is 3.07. The van der Waals surface area contributed by atoms with Crippen LogP contribution in [0.1, 0.15) is 24.3 Å². The molecule has 4 heteroatoms. The van der Waals surface area contributed by atoms with Gasteiger partial charge in [0.05, 0.1) is 10.7 Å². The minimum absolute atomic E-state index is 0.474. The standard InChI is InChI=1S/C14H19N3S/c1-15-10-14(4-2-5-14)7-13-17-12(9-18-13)11-3-6-16-8-11/h3,6,8-9,15-16H,2,4-5,7,10H2,1H3. The van der Waals surface area contributed by atoms with Crippen molar-refractivity contribution in [2.45, 2.75) is 25.7 Å². The number of hydrogen-bond donors (Lipinski definition) is 2. The molecule has 0 spiro atoms. The van der Waals surface area contributed by atoms with Crippen molar-refractivity contribution < 1.29 is 0 Å². The van der Waals surface area contributed by atoms with Gasteiger partial charge in [0.2, 0.25) is 0 Å². The van der Waals surface area contributed by atoms with E-state index in [1.54, 1.807) is 11.3 Å². The SMILES string of the molecule is CNCC1(Cc2nc(-c3cc[nH]c3)cs2)CCC1. The summed E-state index contributed by atoms with van der Waals surface area (Å²) in [5.74, 6) is 0. The summed E-state index contributed by atoms with van der Waals surface area (Å²) < 4.78 is 0. The van der Waals surface area contributed by atoms with Crippen LogP contribution in [0.2, 0.25) is 0 Å². The lowest BCUT2D eigenvalue weighted by atomic mass is 9.67. The monoisotopic (exact) mass is 261 g/mol. The maximum absolute atomic E-state index is 4.77. The van der Waals surface area contributed by atoms with Crippen LogP contribution in [0.25, 0.3) is 11.3 Å². The maximum atomic E-state index is 4.77. The molecule has 2 aromatic heterocycles. The first-order valence-corrected chi connectivity index (χ1v) is 7.41. The normalized spacial score (nSPS) is 17.6. The molecule has 1 aliphatic rings. The molecule has 3 nitrogen and oxygen atoms in total. The summed E-state index contributed by atoms with van der Waals surface area (Å²) in [6.07, 6.45) is 9.13. The van der Waals surface area contributed by atoms with E-state index < -0.39 is 0 Å². The van der Waals surface area contributed by atoms with E-state index in [-0.39, 0.29) is 0 Å². The van der Waals surface area contributed by atoms with E-state index >= 15 is 0 Å². The lowest BCUT2D eigenvalue weighted by Gasteiger charge is -2.41. The minimum atomic E-state index is 0.474. The molecule has 0 aromatic carbocycles. The zero-order valence-electron chi connectivity index (χ0n) is 10.7. The Bertz CT molecular complexity index is 497. The zero-order valence-corrected chi connectivity index (χ0v) is 11.5. The highest BCUT2D eigenvalue weighted by molar-refractivity contribution is 7.09. The summed E-state index contributed by atoms with van der Waals surface area (Å²) in [5.41, 5.74) is 2.77. The number of hydrogen-bond acceptors (Lipinski definition) is 3. The second kappa shape index (κ2) is 4.86. The smallest absolute Gasteiger partial charge is 0.0938 e. The highest BCUT2D eigenvalue weighted by atomic mass is 32.1. The van der Waals surface area contributed by atoms with Crippen molar-refractivity contribution in [2.24, 2.45) is 5.41 Å². The third kappa shape index (κ3) is 2.22. The van der Waals surface area contributed by atoms with Gasteiger partial charge < -0.3 is 10.3 Å². The average molecular weight is 261 g/mol. The van der Waals surface area contributed by atoms with E-state index in [2.05, 4.69) is 21.7 Å². The van der Waals surface area contributed by atoms with E-state index in [1.807, 2.05) is 19.4 Å². The summed E-state index contributed by atoms with van der Waals surface area (Å²) in [6.45, 7) is 1.12. The van der Waals surface area contributed by atoms with Gasteiger partial charge in [-0.2, -0.15) is 0 Å². The Hall–Kier alpha value is -1.13. The van der Waals surface area contributed by atoms with Crippen molar-refractivity contribution in [3.63, 3.8) is 0 Å². The van der Waals surface area contributed by atoms with Crippen LogP contribution in [-0.4, -0.2) is 23.6 Å². The molecule has 2 aromatic rings. The fourth-order valence-corrected chi connectivity index (χ4v) is 3.77. The fourth-order valence-electron chi connectivity index (χ4n) is 2.80.